The molecule has 4 saturated heterocycles. The summed E-state index contributed by atoms with van der Waals surface area (Å²) in [5.41, 5.74) is 47.8. The average Bonchev–Trinajstić information content (AvgIpc) is 0.810. The number of hydrogen-bond acceptors (Lipinski definition) is 31. The summed E-state index contributed by atoms with van der Waals surface area (Å²) in [6.45, 7) is 12.8. The third kappa shape index (κ3) is 28.3. The molecule has 8 heterocycles. The number of nitrogens with two attached hydrogens (primary N) is 6. The number of anilines is 5. The number of likely N-dealkylation sites (N-methyl/N-ethyl adjacent to an activating group) is 4. The van der Waals surface area contributed by atoms with Crippen LogP contribution in [0.2, 0.25) is 0 Å². The number of nitrogen functional groups attached to an aromatic ring is 1. The molecule has 0 bridgehead atoms. The fourth-order valence-corrected chi connectivity index (χ4v) is 16.5. The van der Waals surface area contributed by atoms with E-state index in [0.29, 0.717) is 97.7 Å². The molecule has 4 aliphatic rings. The highest BCUT2D eigenvalue weighted by atomic mass is 32.2. The number of hydrogen-bond donors (Lipinski definition) is 6. The predicted octanol–water partition coefficient (Wildman–Crippen LogP) is 11.9. The molecule has 8 aromatic carbocycles. The van der Waals surface area contributed by atoms with E-state index in [0.717, 1.165) is 156 Å². The monoisotopic (exact) mass is 1840 g/mol. The second-order valence-electron chi connectivity index (χ2n) is 30.6. The van der Waals surface area contributed by atoms with Gasteiger partial charge in [-0.25, -0.2) is 19.9 Å². The van der Waals surface area contributed by atoms with Gasteiger partial charge in [0.1, 0.15) is 26.4 Å². The van der Waals surface area contributed by atoms with E-state index in [2.05, 4.69) is 102 Å². The van der Waals surface area contributed by atoms with Gasteiger partial charge in [0.2, 0.25) is 76.8 Å². The van der Waals surface area contributed by atoms with Gasteiger partial charge in [-0.2, -0.15) is 19.9 Å². The molecule has 4 aliphatic heterocycles. The fraction of sp³-hybridized carbons (Fsp3) is 0.258. The number of ether oxygens (including phenoxy) is 4. The Hall–Kier alpha value is -13.8. The van der Waals surface area contributed by atoms with Gasteiger partial charge in [0, 0.05) is 168 Å². The van der Waals surface area contributed by atoms with Crippen LogP contribution in [0.4, 0.5) is 35.2 Å². The summed E-state index contributed by atoms with van der Waals surface area (Å²) in [7, 11) is 8.38. The number of rotatable bonds is 30. The smallest absolute Gasteiger partial charge is 0.248 e. The van der Waals surface area contributed by atoms with Crippen molar-refractivity contribution in [2.24, 2.45) is 33.8 Å². The van der Waals surface area contributed by atoms with Crippen LogP contribution >= 0.6 is 47.0 Å². The lowest BCUT2D eigenvalue weighted by Crippen LogP contribution is -2.45. The molecule has 0 atom stereocenters. The fourth-order valence-electron chi connectivity index (χ4n) is 13.3. The van der Waals surface area contributed by atoms with E-state index in [9.17, 15) is 24.0 Å². The second kappa shape index (κ2) is 47.0. The highest BCUT2D eigenvalue weighted by molar-refractivity contribution is 8.00. The molecule has 16 rings (SSSR count). The molecule has 0 unspecified atom stereocenters. The van der Waals surface area contributed by atoms with Crippen LogP contribution < -0.4 is 72.9 Å². The first-order valence-corrected chi connectivity index (χ1v) is 45.0. The molecule has 38 heteroatoms. The van der Waals surface area contributed by atoms with E-state index in [4.69, 9.17) is 76.6 Å². The number of azide groups is 1. The number of carbonyl (C=O) groups is 5. The Morgan fingerprint density at radius 2 is 0.634 bits per heavy atom. The van der Waals surface area contributed by atoms with Gasteiger partial charge in [-0.1, -0.05) is 125 Å². The SMILES string of the molecule is CN1CCN(c2ncc(Sc3ccc(C(N)=O)cc3)c(OCc3cccc(C(N)=O)c3)n2)CC1.CN1CCN(c2ncc(Sc3ccc(C(N)=O)cc3)c(OCc3cccc(N)c3)n2)CC1.CN1CCN(c2ncc(Sc3ccc(C(N)=O)cc3)c(OCc3cccc(N=[N+]=[N-])c3)n2)CC1.[2H]C([2H])(Oc1nc(N2CCN(C)CC2)ncc1Sc1ccc(C(N)=O)cc1)c1ccccc1. The molecule has 0 spiro atoms. The van der Waals surface area contributed by atoms with E-state index in [-0.39, 0.29) is 19.1 Å². The molecular weight excluding hydrogens is 1740 g/mol. The third-order valence-electron chi connectivity index (χ3n) is 20.8. The zero-order chi connectivity index (χ0) is 93.9. The van der Waals surface area contributed by atoms with Crippen molar-refractivity contribution in [1.29, 1.82) is 0 Å². The highest BCUT2D eigenvalue weighted by Crippen LogP contribution is 2.40. The van der Waals surface area contributed by atoms with Gasteiger partial charge in [-0.3, -0.25) is 24.0 Å². The van der Waals surface area contributed by atoms with Crippen molar-refractivity contribution in [3.8, 4) is 23.5 Å². The Balaban J connectivity index is 0.000000151. The maximum Gasteiger partial charge on any atom is 0.248 e. The third-order valence-corrected chi connectivity index (χ3v) is 24.9. The van der Waals surface area contributed by atoms with Crippen molar-refractivity contribution >= 4 is 112 Å². The number of piperazine rings is 4. The minimum atomic E-state index is -2.08. The maximum atomic E-state index is 11.5. The predicted molar refractivity (Wildman–Crippen MR) is 508 cm³/mol. The number of amides is 5. The van der Waals surface area contributed by atoms with Gasteiger partial charge in [0.15, 0.2) is 0 Å². The van der Waals surface area contributed by atoms with Crippen LogP contribution in [0, 0.1) is 0 Å². The first-order valence-electron chi connectivity index (χ1n) is 42.7. The zero-order valence-electron chi connectivity index (χ0n) is 74.6. The second-order valence-corrected chi connectivity index (χ2v) is 35.0. The lowest BCUT2D eigenvalue weighted by Gasteiger charge is -2.32. The molecule has 0 radical (unpaired) electrons. The normalized spacial score (nSPS) is 14.5. The Morgan fingerprint density at radius 1 is 0.351 bits per heavy atom. The molecule has 0 saturated carbocycles. The number of nitrogens with zero attached hydrogens (tertiary/aromatic N) is 19. The van der Waals surface area contributed by atoms with Gasteiger partial charge in [0.05, 0.1) is 47.1 Å². The molecule has 0 aliphatic carbocycles. The lowest BCUT2D eigenvalue weighted by atomic mass is 10.1. The highest BCUT2D eigenvalue weighted by Gasteiger charge is 2.26. The summed E-state index contributed by atoms with van der Waals surface area (Å²) in [5, 5.41) is 3.65. The van der Waals surface area contributed by atoms with E-state index in [1.54, 1.807) is 140 Å². The van der Waals surface area contributed by atoms with Gasteiger partial charge in [0.25, 0.3) is 0 Å². The first kappa shape index (κ1) is 91.9. The van der Waals surface area contributed by atoms with Crippen molar-refractivity contribution in [3.05, 3.63) is 285 Å². The van der Waals surface area contributed by atoms with E-state index < -0.39 is 36.1 Å². The molecule has 34 nitrogen and oxygen atoms in total. The molecule has 4 fully saturated rings. The average molecular weight is 1840 g/mol. The molecule has 676 valence electrons. The molecular formula is C93H101N25O9S4. The van der Waals surface area contributed by atoms with Crippen LogP contribution in [0.25, 0.3) is 10.4 Å². The van der Waals surface area contributed by atoms with Gasteiger partial charge < -0.3 is 92.5 Å². The van der Waals surface area contributed by atoms with Crippen LogP contribution in [0.3, 0.4) is 0 Å². The summed E-state index contributed by atoms with van der Waals surface area (Å²) in [6, 6.07) is 58.5. The lowest BCUT2D eigenvalue weighted by molar-refractivity contribution is 0.0991. The first-order chi connectivity index (χ1) is 64.2. The summed E-state index contributed by atoms with van der Waals surface area (Å²) in [5.74, 6) is 1.61. The topological polar surface area (TPSA) is 456 Å². The quantitative estimate of drug-likeness (QED) is 0.0105. The van der Waals surface area contributed by atoms with Crippen molar-refractivity contribution < 1.29 is 45.7 Å². The Morgan fingerprint density at radius 3 is 0.939 bits per heavy atom. The Kier molecular flexibility index (Phi) is 32.9. The maximum absolute atomic E-state index is 11.5. The molecule has 12 aromatic rings. The van der Waals surface area contributed by atoms with Gasteiger partial charge in [-0.05, 0) is 183 Å². The van der Waals surface area contributed by atoms with Crippen LogP contribution in [-0.4, -0.2) is 222 Å². The van der Waals surface area contributed by atoms with Crippen molar-refractivity contribution in [1.82, 2.24) is 59.5 Å². The van der Waals surface area contributed by atoms with E-state index in [1.165, 1.54) is 47.0 Å². The zero-order valence-corrected chi connectivity index (χ0v) is 75.8. The van der Waals surface area contributed by atoms with Gasteiger partial charge >= 0.3 is 0 Å². The minimum Gasteiger partial charge on any atom is -0.472 e. The van der Waals surface area contributed by atoms with E-state index in [1.807, 2.05) is 84.9 Å². The number of benzene rings is 8. The Labute approximate surface area is 778 Å². The Bertz CT molecular complexity index is 5870. The summed E-state index contributed by atoms with van der Waals surface area (Å²) >= 11 is 5.68. The number of carbonyl (C=O) groups excluding carboxylic acids is 5. The molecule has 12 N–H and O–H groups in total. The molecule has 4 aromatic heterocycles. The van der Waals surface area contributed by atoms with Crippen LogP contribution in [0.1, 0.15) is 76.8 Å². The summed E-state index contributed by atoms with van der Waals surface area (Å²) < 4.78 is 41.2. The van der Waals surface area contributed by atoms with Crippen molar-refractivity contribution in [2.75, 3.05) is 158 Å². The molecule has 5 amide bonds. The van der Waals surface area contributed by atoms with Crippen molar-refractivity contribution in [3.63, 3.8) is 0 Å². The largest absolute Gasteiger partial charge is 0.472 e. The van der Waals surface area contributed by atoms with Crippen LogP contribution in [0.15, 0.2) is 269 Å². The number of aromatic nitrogens is 8. The summed E-state index contributed by atoms with van der Waals surface area (Å²) in [4.78, 5) is 121. The van der Waals surface area contributed by atoms with E-state index >= 15 is 0 Å². The summed E-state index contributed by atoms with van der Waals surface area (Å²) in [6.07, 6.45) is 6.97. The minimum absolute atomic E-state index is 0.164. The number of primary amides is 5. The van der Waals surface area contributed by atoms with Crippen LogP contribution in [0.5, 0.6) is 23.5 Å². The van der Waals surface area contributed by atoms with Crippen LogP contribution in [-0.2, 0) is 26.4 Å². The standard InChI is InChI=1S/C24H26N6O3S.C23H24N8O2S.C23H26N6O2S.C23H25N5O2S/c1-29-9-11-30(12-10-29)24-27-14-20(34-19-7-5-17(6-8-19)21(25)31)23(28-24)33-15-16-3-2-4-18(13-16)22(26)32;1-30-9-11-31(12-10-30)23-26-14-20(34-19-7-5-17(6-8-19)21(24)32)22(27-23)33-15-16-3-2-4-18(13-16)28-29-25;1-28-9-11-29(12-10-28)23-26-14-20(32-19-7-5-17(6-8-19)21(25)30)22(27-23)31-15-16-3-2-4-18(24)13-16;1-27-11-13-28(14-12-27)23-25-15-20(31-19-9-7-18(8-10-19)21(24)29)22(26-23)30-16-17-5-3-2-4-6-17/h2-8,13-14H,9-12,15H2,1H3,(H2,25,31)(H2,26,32);2-8,13-14H,9-12,15H2,1H3,(H2,24,32);2-8,13-14H,9-12,15,24H2,1H3,(H2,25,30);2-10,15H,11-14,16H2,1H3,(H2,24,29)/i;;;16D2. The molecule has 131 heavy (non-hydrogen) atoms. The van der Waals surface area contributed by atoms with Gasteiger partial charge in [-0.15, -0.1) is 0 Å². The van der Waals surface area contributed by atoms with Crippen molar-refractivity contribution in [2.45, 2.75) is 65.5 Å².